The molecule has 0 radical (unpaired) electrons. The van der Waals surface area contributed by atoms with Crippen molar-refractivity contribution in [2.45, 2.75) is 43.5 Å². The highest BCUT2D eigenvalue weighted by molar-refractivity contribution is 7.89. The molecule has 0 aliphatic heterocycles. The van der Waals surface area contributed by atoms with Crippen molar-refractivity contribution in [3.8, 4) is 0 Å². The van der Waals surface area contributed by atoms with Gasteiger partial charge in [0.05, 0.1) is 4.90 Å². The van der Waals surface area contributed by atoms with E-state index >= 15 is 0 Å². The van der Waals surface area contributed by atoms with E-state index in [1.54, 1.807) is 12.1 Å². The maximum Gasteiger partial charge on any atom is 0.240 e. The minimum absolute atomic E-state index is 0.0550. The molecule has 18 heavy (non-hydrogen) atoms. The molecular weight excluding hydrogens is 270 g/mol. The molecule has 0 bridgehead atoms. The zero-order chi connectivity index (χ0) is 13.2. The lowest BCUT2D eigenvalue weighted by atomic mass is 9.87. The minimum atomic E-state index is -3.42. The van der Waals surface area contributed by atoms with E-state index in [1.165, 1.54) is 18.6 Å². The lowest BCUT2D eigenvalue weighted by molar-refractivity contribution is 0.310. The Labute approximate surface area is 114 Å². The number of halogens is 1. The van der Waals surface area contributed by atoms with Crippen LogP contribution in [-0.2, 0) is 10.0 Å². The van der Waals surface area contributed by atoms with E-state index in [1.807, 2.05) is 0 Å². The average molecular weight is 288 g/mol. The molecule has 1 aliphatic carbocycles. The number of hydrogen-bond acceptors (Lipinski definition) is 2. The molecule has 1 aromatic carbocycles. The minimum Gasteiger partial charge on any atom is -0.208 e. The van der Waals surface area contributed by atoms with Crippen LogP contribution < -0.4 is 4.72 Å². The van der Waals surface area contributed by atoms with Crippen LogP contribution in [0.15, 0.2) is 29.2 Å². The van der Waals surface area contributed by atoms with E-state index in [9.17, 15) is 8.42 Å². The molecule has 0 unspecified atom stereocenters. The van der Waals surface area contributed by atoms with E-state index in [0.717, 1.165) is 19.3 Å². The smallest absolute Gasteiger partial charge is 0.208 e. The van der Waals surface area contributed by atoms with Crippen molar-refractivity contribution in [1.82, 2.24) is 4.72 Å². The van der Waals surface area contributed by atoms with E-state index in [-0.39, 0.29) is 10.9 Å². The lowest BCUT2D eigenvalue weighted by Crippen LogP contribution is -2.40. The summed E-state index contributed by atoms with van der Waals surface area (Å²) in [5.41, 5.74) is 0. The number of hydrogen-bond donors (Lipinski definition) is 1. The van der Waals surface area contributed by atoms with Crippen LogP contribution in [0.2, 0.25) is 5.02 Å². The molecule has 1 fully saturated rings. The molecule has 100 valence electrons. The Balaban J connectivity index is 2.13. The molecule has 2 atom stereocenters. The summed E-state index contributed by atoms with van der Waals surface area (Å²) in [5.74, 6) is 0.404. The van der Waals surface area contributed by atoms with Gasteiger partial charge in [-0.1, -0.05) is 31.4 Å². The summed E-state index contributed by atoms with van der Waals surface area (Å²) in [6.45, 7) is 2.11. The van der Waals surface area contributed by atoms with Crippen molar-refractivity contribution in [2.24, 2.45) is 5.92 Å². The van der Waals surface area contributed by atoms with Crippen LogP contribution in [0.4, 0.5) is 0 Å². The molecular formula is C13H18ClNO2S. The third kappa shape index (κ3) is 3.25. The SMILES string of the molecule is C[C@@H]1CCCC[C@H]1NS(=O)(=O)c1ccc(Cl)cc1. The second kappa shape index (κ2) is 5.59. The Morgan fingerprint density at radius 1 is 1.17 bits per heavy atom. The third-order valence-electron chi connectivity index (χ3n) is 3.54. The summed E-state index contributed by atoms with van der Waals surface area (Å²) in [7, 11) is -3.42. The van der Waals surface area contributed by atoms with Crippen molar-refractivity contribution in [3.05, 3.63) is 29.3 Å². The van der Waals surface area contributed by atoms with Crippen molar-refractivity contribution < 1.29 is 8.42 Å². The number of rotatable bonds is 3. The molecule has 1 N–H and O–H groups in total. The summed E-state index contributed by atoms with van der Waals surface area (Å²) < 4.78 is 27.2. The van der Waals surface area contributed by atoms with Gasteiger partial charge in [-0.25, -0.2) is 13.1 Å². The first-order valence-corrected chi connectivity index (χ1v) is 8.13. The molecule has 5 heteroatoms. The van der Waals surface area contributed by atoms with Gasteiger partial charge in [0.15, 0.2) is 0 Å². The zero-order valence-corrected chi connectivity index (χ0v) is 12.0. The van der Waals surface area contributed by atoms with Crippen LogP contribution in [0.1, 0.15) is 32.6 Å². The van der Waals surface area contributed by atoms with Crippen LogP contribution in [0, 0.1) is 5.92 Å². The first-order valence-electron chi connectivity index (χ1n) is 6.27. The van der Waals surface area contributed by atoms with E-state index in [2.05, 4.69) is 11.6 Å². The van der Waals surface area contributed by atoms with Crippen LogP contribution in [-0.4, -0.2) is 14.5 Å². The number of sulfonamides is 1. The van der Waals surface area contributed by atoms with E-state index in [4.69, 9.17) is 11.6 Å². The monoisotopic (exact) mass is 287 g/mol. The molecule has 0 spiro atoms. The van der Waals surface area contributed by atoms with Crippen molar-refractivity contribution in [1.29, 1.82) is 0 Å². The summed E-state index contributed by atoms with van der Waals surface area (Å²) >= 11 is 5.76. The van der Waals surface area contributed by atoms with Gasteiger partial charge < -0.3 is 0 Å². The Bertz CT molecular complexity index is 498. The van der Waals surface area contributed by atoms with Crippen LogP contribution >= 0.6 is 11.6 Å². The molecule has 1 aromatic rings. The molecule has 0 amide bonds. The Kier molecular flexibility index (Phi) is 4.30. The van der Waals surface area contributed by atoms with Crippen molar-refractivity contribution >= 4 is 21.6 Å². The van der Waals surface area contributed by atoms with Crippen LogP contribution in [0.5, 0.6) is 0 Å². The Morgan fingerprint density at radius 3 is 2.39 bits per heavy atom. The summed E-state index contributed by atoms with van der Waals surface area (Å²) in [5, 5.41) is 0.542. The number of benzene rings is 1. The van der Waals surface area contributed by atoms with Gasteiger partial charge in [0.1, 0.15) is 0 Å². The molecule has 2 rings (SSSR count). The molecule has 0 saturated heterocycles. The largest absolute Gasteiger partial charge is 0.240 e. The summed E-state index contributed by atoms with van der Waals surface area (Å²) in [4.78, 5) is 0.282. The topological polar surface area (TPSA) is 46.2 Å². The highest BCUT2D eigenvalue weighted by Gasteiger charge is 2.26. The zero-order valence-electron chi connectivity index (χ0n) is 10.4. The highest BCUT2D eigenvalue weighted by Crippen LogP contribution is 2.25. The van der Waals surface area contributed by atoms with Gasteiger partial charge in [-0.05, 0) is 43.0 Å². The van der Waals surface area contributed by atoms with Crippen LogP contribution in [0.25, 0.3) is 0 Å². The predicted octanol–water partition coefficient (Wildman–Crippen LogP) is 3.20. The fourth-order valence-corrected chi connectivity index (χ4v) is 3.88. The Morgan fingerprint density at radius 2 is 1.78 bits per heavy atom. The second-order valence-corrected chi connectivity index (χ2v) is 7.09. The molecule has 0 aromatic heterocycles. The second-order valence-electron chi connectivity index (χ2n) is 4.94. The maximum absolute atomic E-state index is 12.2. The summed E-state index contributed by atoms with van der Waals surface area (Å²) in [6.07, 6.45) is 4.31. The van der Waals surface area contributed by atoms with E-state index < -0.39 is 10.0 Å². The maximum atomic E-state index is 12.2. The van der Waals surface area contributed by atoms with Gasteiger partial charge in [-0.2, -0.15) is 0 Å². The highest BCUT2D eigenvalue weighted by atomic mass is 35.5. The molecule has 0 heterocycles. The van der Waals surface area contributed by atoms with Crippen molar-refractivity contribution in [3.63, 3.8) is 0 Å². The predicted molar refractivity (Wildman–Crippen MR) is 73.2 cm³/mol. The lowest BCUT2D eigenvalue weighted by Gasteiger charge is -2.29. The molecule has 1 aliphatic rings. The fourth-order valence-electron chi connectivity index (χ4n) is 2.37. The number of nitrogens with one attached hydrogen (secondary N) is 1. The average Bonchev–Trinajstić information content (AvgIpc) is 2.32. The van der Waals surface area contributed by atoms with Gasteiger partial charge in [0.25, 0.3) is 0 Å². The molecule has 3 nitrogen and oxygen atoms in total. The Hall–Kier alpha value is -0.580. The van der Waals surface area contributed by atoms with Crippen LogP contribution in [0.3, 0.4) is 0 Å². The van der Waals surface area contributed by atoms with Gasteiger partial charge >= 0.3 is 0 Å². The normalized spacial score (nSPS) is 25.0. The third-order valence-corrected chi connectivity index (χ3v) is 5.30. The first kappa shape index (κ1) is 13.8. The summed E-state index contributed by atoms with van der Waals surface area (Å²) in [6, 6.07) is 6.33. The van der Waals surface area contributed by atoms with Gasteiger partial charge in [0, 0.05) is 11.1 Å². The standard InChI is InChI=1S/C13H18ClNO2S/c1-10-4-2-3-5-13(10)15-18(16,17)12-8-6-11(14)7-9-12/h6-10,13,15H,2-5H2,1H3/t10-,13-/m1/s1. The van der Waals surface area contributed by atoms with Crippen molar-refractivity contribution in [2.75, 3.05) is 0 Å². The quantitative estimate of drug-likeness (QED) is 0.928. The first-order chi connectivity index (χ1) is 8.49. The van der Waals surface area contributed by atoms with Gasteiger partial charge in [-0.15, -0.1) is 0 Å². The fraction of sp³-hybridized carbons (Fsp3) is 0.538. The van der Waals surface area contributed by atoms with Gasteiger partial charge in [-0.3, -0.25) is 0 Å². The molecule has 1 saturated carbocycles. The van der Waals surface area contributed by atoms with Gasteiger partial charge in [0.2, 0.25) is 10.0 Å². The van der Waals surface area contributed by atoms with E-state index in [0.29, 0.717) is 10.9 Å².